The number of hydrogen-bond acceptors (Lipinski definition) is 2. The minimum atomic E-state index is -0.985. The number of Topliss-reactive ketones (excluding diaryl/α,β-unsaturated/α-hetero) is 1. The van der Waals surface area contributed by atoms with Crippen molar-refractivity contribution in [2.45, 2.75) is 11.2 Å². The molecule has 1 aromatic carbocycles. The van der Waals surface area contributed by atoms with E-state index < -0.39 is 16.7 Å². The van der Waals surface area contributed by atoms with Crippen molar-refractivity contribution in [3.05, 3.63) is 34.3 Å². The van der Waals surface area contributed by atoms with Crippen LogP contribution in [0.2, 0.25) is 5.02 Å². The van der Waals surface area contributed by atoms with Crippen LogP contribution >= 0.6 is 27.5 Å². The van der Waals surface area contributed by atoms with Crippen molar-refractivity contribution >= 4 is 39.3 Å². The third-order valence-corrected chi connectivity index (χ3v) is 4.14. The number of carboxylic acid groups (broad SMARTS) is 1. The van der Waals surface area contributed by atoms with Gasteiger partial charge in [0.15, 0.2) is 5.78 Å². The van der Waals surface area contributed by atoms with Gasteiger partial charge in [0.1, 0.15) is 0 Å². The molecule has 1 aromatic rings. The van der Waals surface area contributed by atoms with E-state index in [0.717, 1.165) is 0 Å². The van der Waals surface area contributed by atoms with Gasteiger partial charge in [-0.3, -0.25) is 9.59 Å². The Hall–Kier alpha value is -0.870. The van der Waals surface area contributed by atoms with Crippen molar-refractivity contribution in [3.8, 4) is 0 Å². The topological polar surface area (TPSA) is 54.4 Å². The van der Waals surface area contributed by atoms with E-state index in [1.165, 1.54) is 0 Å². The minimum absolute atomic E-state index is 0.212. The van der Waals surface area contributed by atoms with Crippen LogP contribution in [-0.4, -0.2) is 21.7 Å². The SMILES string of the molecule is O=C1c2cccc(Cl)c2CC(C(=O)O)C1Br. The second-order valence-electron chi connectivity index (χ2n) is 3.68. The zero-order valence-corrected chi connectivity index (χ0v) is 10.5. The first-order valence-electron chi connectivity index (χ1n) is 4.71. The third kappa shape index (κ3) is 1.76. The molecule has 84 valence electrons. The van der Waals surface area contributed by atoms with Gasteiger partial charge < -0.3 is 5.11 Å². The molecule has 0 heterocycles. The standard InChI is InChI=1S/C11H8BrClO3/c12-9-7(11(15)16)4-6-5(10(9)14)2-1-3-8(6)13/h1-3,7,9H,4H2,(H,15,16). The van der Waals surface area contributed by atoms with Crippen molar-refractivity contribution in [2.24, 2.45) is 5.92 Å². The van der Waals surface area contributed by atoms with Gasteiger partial charge in [-0.1, -0.05) is 39.7 Å². The molecule has 2 atom stereocenters. The lowest BCUT2D eigenvalue weighted by molar-refractivity contribution is -0.141. The van der Waals surface area contributed by atoms with Gasteiger partial charge in [-0.05, 0) is 18.1 Å². The summed E-state index contributed by atoms with van der Waals surface area (Å²) in [5, 5.41) is 9.47. The molecule has 0 aromatic heterocycles. The number of hydrogen-bond donors (Lipinski definition) is 1. The number of benzene rings is 1. The summed E-state index contributed by atoms with van der Waals surface area (Å²) >= 11 is 9.11. The van der Waals surface area contributed by atoms with Gasteiger partial charge in [0, 0.05) is 10.6 Å². The molecule has 0 fully saturated rings. The van der Waals surface area contributed by atoms with Crippen molar-refractivity contribution < 1.29 is 14.7 Å². The number of aliphatic carboxylic acids is 1. The van der Waals surface area contributed by atoms with E-state index in [2.05, 4.69) is 15.9 Å². The smallest absolute Gasteiger partial charge is 0.308 e. The molecular weight excluding hydrogens is 295 g/mol. The van der Waals surface area contributed by atoms with E-state index in [1.54, 1.807) is 18.2 Å². The van der Waals surface area contributed by atoms with Crippen molar-refractivity contribution in [1.82, 2.24) is 0 Å². The van der Waals surface area contributed by atoms with Gasteiger partial charge in [0.25, 0.3) is 0 Å². The first-order valence-corrected chi connectivity index (χ1v) is 6.00. The summed E-state index contributed by atoms with van der Waals surface area (Å²) in [5.74, 6) is -1.95. The Bertz CT molecular complexity index is 472. The fourth-order valence-corrected chi connectivity index (χ4v) is 2.78. The summed E-state index contributed by atoms with van der Waals surface area (Å²) in [4.78, 5) is 22.3. The molecule has 0 bridgehead atoms. The van der Waals surface area contributed by atoms with Crippen LogP contribution in [0.3, 0.4) is 0 Å². The maximum Gasteiger partial charge on any atom is 0.308 e. The largest absolute Gasteiger partial charge is 0.481 e. The quantitative estimate of drug-likeness (QED) is 0.811. The van der Waals surface area contributed by atoms with Crippen LogP contribution in [0.5, 0.6) is 0 Å². The van der Waals surface area contributed by atoms with Crippen LogP contribution in [0, 0.1) is 5.92 Å². The van der Waals surface area contributed by atoms with Crippen LogP contribution in [0.4, 0.5) is 0 Å². The Kier molecular flexibility index (Phi) is 3.04. The maximum absolute atomic E-state index is 11.9. The highest BCUT2D eigenvalue weighted by atomic mass is 79.9. The molecule has 0 aliphatic heterocycles. The second kappa shape index (κ2) is 4.18. The Morgan fingerprint density at radius 2 is 2.19 bits per heavy atom. The van der Waals surface area contributed by atoms with Crippen LogP contribution in [0.15, 0.2) is 18.2 Å². The number of halogens is 2. The molecule has 0 saturated heterocycles. The molecule has 0 radical (unpaired) electrons. The lowest BCUT2D eigenvalue weighted by Gasteiger charge is -2.25. The number of alkyl halides is 1. The summed E-state index contributed by atoms with van der Waals surface area (Å²) in [6, 6.07) is 5.04. The lowest BCUT2D eigenvalue weighted by Crippen LogP contribution is -2.37. The van der Waals surface area contributed by atoms with Gasteiger partial charge in [-0.2, -0.15) is 0 Å². The number of carbonyl (C=O) groups excluding carboxylic acids is 1. The Labute approximate surface area is 106 Å². The number of rotatable bonds is 1. The molecule has 2 unspecified atom stereocenters. The summed E-state index contributed by atoms with van der Waals surface area (Å²) in [6.07, 6.45) is 0.284. The normalized spacial score (nSPS) is 24.0. The number of carboxylic acids is 1. The van der Waals surface area contributed by atoms with Crippen LogP contribution in [-0.2, 0) is 11.2 Å². The van der Waals surface area contributed by atoms with Crippen molar-refractivity contribution in [1.29, 1.82) is 0 Å². The molecule has 1 N–H and O–H groups in total. The van der Waals surface area contributed by atoms with E-state index in [0.29, 0.717) is 16.1 Å². The first-order chi connectivity index (χ1) is 7.52. The van der Waals surface area contributed by atoms with Gasteiger partial charge in [0.2, 0.25) is 0 Å². The van der Waals surface area contributed by atoms with Gasteiger partial charge in [-0.25, -0.2) is 0 Å². The number of fused-ring (bicyclic) bond motifs is 1. The van der Waals surface area contributed by atoms with E-state index >= 15 is 0 Å². The predicted molar refractivity (Wildman–Crippen MR) is 63.3 cm³/mol. The molecule has 1 aliphatic rings. The lowest BCUT2D eigenvalue weighted by atomic mass is 9.83. The van der Waals surface area contributed by atoms with E-state index in [9.17, 15) is 9.59 Å². The van der Waals surface area contributed by atoms with Crippen LogP contribution in [0.25, 0.3) is 0 Å². The predicted octanol–water partition coefficient (Wildman–Crippen LogP) is 2.54. The highest BCUT2D eigenvalue weighted by Crippen LogP contribution is 2.34. The summed E-state index contributed by atoms with van der Waals surface area (Å²) in [6.45, 7) is 0. The summed E-state index contributed by atoms with van der Waals surface area (Å²) in [5.41, 5.74) is 1.16. The van der Waals surface area contributed by atoms with Gasteiger partial charge in [0.05, 0.1) is 10.7 Å². The van der Waals surface area contributed by atoms with E-state index in [4.69, 9.17) is 16.7 Å². The molecule has 0 amide bonds. The zero-order chi connectivity index (χ0) is 11.9. The number of ketones is 1. The number of carbonyl (C=O) groups is 2. The molecular formula is C11H8BrClO3. The minimum Gasteiger partial charge on any atom is -0.481 e. The van der Waals surface area contributed by atoms with Crippen molar-refractivity contribution in [2.75, 3.05) is 0 Å². The molecule has 5 heteroatoms. The Morgan fingerprint density at radius 1 is 1.50 bits per heavy atom. The summed E-state index contributed by atoms with van der Waals surface area (Å²) < 4.78 is 0. The second-order valence-corrected chi connectivity index (χ2v) is 5.07. The molecule has 1 aliphatic carbocycles. The first kappa shape index (κ1) is 11.6. The average molecular weight is 304 g/mol. The van der Waals surface area contributed by atoms with Crippen LogP contribution < -0.4 is 0 Å². The van der Waals surface area contributed by atoms with Gasteiger partial charge >= 0.3 is 5.97 Å². The zero-order valence-electron chi connectivity index (χ0n) is 8.11. The van der Waals surface area contributed by atoms with Crippen LogP contribution in [0.1, 0.15) is 15.9 Å². The fraction of sp³-hybridized carbons (Fsp3) is 0.273. The molecule has 16 heavy (non-hydrogen) atoms. The molecule has 2 rings (SSSR count). The van der Waals surface area contributed by atoms with E-state index in [1.807, 2.05) is 0 Å². The fourth-order valence-electron chi connectivity index (χ4n) is 1.86. The van der Waals surface area contributed by atoms with Gasteiger partial charge in [-0.15, -0.1) is 0 Å². The molecule has 0 spiro atoms. The Balaban J connectivity index is 2.53. The molecule has 3 nitrogen and oxygen atoms in total. The average Bonchev–Trinajstić information content (AvgIpc) is 2.23. The summed E-state index contributed by atoms with van der Waals surface area (Å²) in [7, 11) is 0. The third-order valence-electron chi connectivity index (χ3n) is 2.73. The maximum atomic E-state index is 11.9. The van der Waals surface area contributed by atoms with E-state index in [-0.39, 0.29) is 12.2 Å². The Morgan fingerprint density at radius 3 is 2.81 bits per heavy atom. The monoisotopic (exact) mass is 302 g/mol. The molecule has 0 saturated carbocycles. The highest BCUT2D eigenvalue weighted by molar-refractivity contribution is 9.10. The highest BCUT2D eigenvalue weighted by Gasteiger charge is 2.38. The van der Waals surface area contributed by atoms with Crippen molar-refractivity contribution in [3.63, 3.8) is 0 Å².